The van der Waals surface area contributed by atoms with Gasteiger partial charge in [0.1, 0.15) is 11.8 Å². The Balaban J connectivity index is 5.15. The summed E-state index contributed by atoms with van der Waals surface area (Å²) < 4.78 is 12.8. The molecule has 0 bridgehead atoms. The Morgan fingerprint density at radius 2 is 1.50 bits per heavy atom. The number of carbonyl (C=O) groups excluding carboxylic acids is 1. The third-order valence-electron chi connectivity index (χ3n) is 2.68. The second kappa shape index (κ2) is 5.95. The summed E-state index contributed by atoms with van der Waals surface area (Å²) in [7, 11) is -3.22. The predicted molar refractivity (Wildman–Crippen MR) is 70.9 cm³/mol. The normalized spacial score (nSPS) is 18.8. The van der Waals surface area contributed by atoms with E-state index in [1.165, 1.54) is 13.8 Å². The monoisotopic (exact) mass is 278 g/mol. The number of carboxylic acids is 1. The lowest BCUT2D eigenvalue weighted by Crippen LogP contribution is -2.45. The van der Waals surface area contributed by atoms with E-state index in [0.29, 0.717) is 0 Å². The molecule has 18 heavy (non-hydrogen) atoms. The standard InChI is InChI=1S/C11H23N2O4P/c1-7(9(3)14)12-18(17,11(4,5)6)13-8(2)10(15)16/h7-8H,1-6H3,(H,15,16)(H2,12,13,17)/t7-,8-,18?/m1/s1. The van der Waals surface area contributed by atoms with Gasteiger partial charge < -0.3 is 5.11 Å². The highest BCUT2D eigenvalue weighted by atomic mass is 31.2. The van der Waals surface area contributed by atoms with E-state index in [9.17, 15) is 14.2 Å². The van der Waals surface area contributed by atoms with Gasteiger partial charge in [-0.3, -0.25) is 14.2 Å². The summed E-state index contributed by atoms with van der Waals surface area (Å²) in [5, 5.41) is 13.5. The molecule has 3 N–H and O–H groups in total. The topological polar surface area (TPSA) is 95.5 Å². The number of hydrogen-bond acceptors (Lipinski definition) is 3. The molecule has 0 amide bonds. The van der Waals surface area contributed by atoms with Crippen LogP contribution >= 0.6 is 7.44 Å². The zero-order valence-corrected chi connectivity index (χ0v) is 12.7. The van der Waals surface area contributed by atoms with Gasteiger partial charge in [0.15, 0.2) is 0 Å². The van der Waals surface area contributed by atoms with Gasteiger partial charge in [-0.2, -0.15) is 0 Å². The third-order valence-corrected chi connectivity index (χ3v) is 6.07. The Bertz CT molecular complexity index is 350. The van der Waals surface area contributed by atoms with Crippen LogP contribution in [0.1, 0.15) is 41.5 Å². The van der Waals surface area contributed by atoms with Gasteiger partial charge in [0, 0.05) is 5.16 Å². The molecule has 0 heterocycles. The van der Waals surface area contributed by atoms with Crippen molar-refractivity contribution < 1.29 is 19.3 Å². The van der Waals surface area contributed by atoms with E-state index in [0.717, 1.165) is 0 Å². The Morgan fingerprint density at radius 3 is 1.78 bits per heavy atom. The maximum atomic E-state index is 12.8. The highest BCUT2D eigenvalue weighted by Crippen LogP contribution is 2.51. The van der Waals surface area contributed by atoms with Crippen molar-refractivity contribution in [3.8, 4) is 0 Å². The molecule has 0 radical (unpaired) electrons. The van der Waals surface area contributed by atoms with Crippen LogP contribution in [0.15, 0.2) is 0 Å². The Hall–Kier alpha value is -0.710. The summed E-state index contributed by atoms with van der Waals surface area (Å²) in [6, 6.07) is -1.55. The zero-order chi connectivity index (χ0) is 14.7. The molecular formula is C11H23N2O4P. The number of carboxylic acid groups (broad SMARTS) is 1. The Kier molecular flexibility index (Phi) is 5.72. The van der Waals surface area contributed by atoms with Gasteiger partial charge in [0.25, 0.3) is 0 Å². The average Bonchev–Trinajstić information content (AvgIpc) is 2.14. The lowest BCUT2D eigenvalue weighted by atomic mass is 10.3. The molecule has 7 heteroatoms. The van der Waals surface area contributed by atoms with Gasteiger partial charge in [0.05, 0.1) is 6.04 Å². The molecule has 0 spiro atoms. The van der Waals surface area contributed by atoms with Crippen molar-refractivity contribution >= 4 is 19.2 Å². The minimum Gasteiger partial charge on any atom is -0.480 e. The second-order valence-corrected chi connectivity index (χ2v) is 8.51. The molecule has 0 fully saturated rings. The van der Waals surface area contributed by atoms with E-state index in [1.54, 1.807) is 27.7 Å². The van der Waals surface area contributed by atoms with Gasteiger partial charge >= 0.3 is 5.97 Å². The third kappa shape index (κ3) is 4.52. The molecule has 106 valence electrons. The van der Waals surface area contributed by atoms with Gasteiger partial charge in [-0.05, 0) is 20.8 Å². The number of rotatable bonds is 6. The fourth-order valence-electron chi connectivity index (χ4n) is 1.12. The number of Topliss-reactive ketones (excluding diaryl/α,β-unsaturated/α-hetero) is 1. The summed E-state index contributed by atoms with van der Waals surface area (Å²) in [6.07, 6.45) is 0. The van der Waals surface area contributed by atoms with Gasteiger partial charge in [0.2, 0.25) is 7.44 Å². The van der Waals surface area contributed by atoms with Crippen LogP contribution in [-0.4, -0.2) is 34.1 Å². The predicted octanol–water partition coefficient (Wildman–Crippen LogP) is 1.61. The largest absolute Gasteiger partial charge is 0.480 e. The number of ketones is 1. The minimum absolute atomic E-state index is 0.149. The summed E-state index contributed by atoms with van der Waals surface area (Å²) in [5.41, 5.74) is 0. The molecule has 0 rings (SSSR count). The minimum atomic E-state index is -3.22. The molecule has 3 atom stereocenters. The van der Waals surface area contributed by atoms with E-state index in [-0.39, 0.29) is 5.78 Å². The van der Waals surface area contributed by atoms with Gasteiger partial charge in [-0.1, -0.05) is 20.8 Å². The van der Waals surface area contributed by atoms with Crippen LogP contribution in [-0.2, 0) is 14.2 Å². The molecule has 0 aromatic carbocycles. The fourth-order valence-corrected chi connectivity index (χ4v) is 3.35. The summed E-state index contributed by atoms with van der Waals surface area (Å²) >= 11 is 0. The highest BCUT2D eigenvalue weighted by Gasteiger charge is 2.40. The molecule has 0 aliphatic carbocycles. The van der Waals surface area contributed by atoms with Crippen molar-refractivity contribution in [2.75, 3.05) is 0 Å². The molecular weight excluding hydrogens is 255 g/mol. The highest BCUT2D eigenvalue weighted by molar-refractivity contribution is 7.61. The van der Waals surface area contributed by atoms with E-state index < -0.39 is 30.7 Å². The zero-order valence-electron chi connectivity index (χ0n) is 11.8. The molecule has 0 saturated heterocycles. The first-order chi connectivity index (χ1) is 7.90. The molecule has 0 aromatic heterocycles. The maximum absolute atomic E-state index is 12.8. The fraction of sp³-hybridized carbons (Fsp3) is 0.818. The Morgan fingerprint density at radius 1 is 1.11 bits per heavy atom. The first-order valence-corrected chi connectivity index (χ1v) is 7.50. The van der Waals surface area contributed by atoms with E-state index in [4.69, 9.17) is 5.11 Å². The van der Waals surface area contributed by atoms with Crippen molar-refractivity contribution in [2.45, 2.75) is 58.8 Å². The van der Waals surface area contributed by atoms with Crippen LogP contribution in [0.25, 0.3) is 0 Å². The van der Waals surface area contributed by atoms with Crippen molar-refractivity contribution in [1.29, 1.82) is 0 Å². The molecule has 6 nitrogen and oxygen atoms in total. The summed E-state index contributed by atoms with van der Waals surface area (Å²) in [6.45, 7) is 9.61. The quantitative estimate of drug-likeness (QED) is 0.639. The molecule has 0 aliphatic rings. The first kappa shape index (κ1) is 17.3. The summed E-state index contributed by atoms with van der Waals surface area (Å²) in [4.78, 5) is 22.1. The van der Waals surface area contributed by atoms with Crippen molar-refractivity contribution in [2.24, 2.45) is 0 Å². The Labute approximate surface area is 108 Å². The molecule has 0 aliphatic heterocycles. The van der Waals surface area contributed by atoms with Crippen molar-refractivity contribution in [3.05, 3.63) is 0 Å². The number of nitrogens with one attached hydrogen (secondary N) is 2. The van der Waals surface area contributed by atoms with Crippen molar-refractivity contribution in [1.82, 2.24) is 10.2 Å². The lowest BCUT2D eigenvalue weighted by molar-refractivity contribution is -0.138. The molecule has 0 aromatic rings. The second-order valence-electron chi connectivity index (χ2n) is 5.43. The smallest absolute Gasteiger partial charge is 0.320 e. The van der Waals surface area contributed by atoms with E-state index >= 15 is 0 Å². The maximum Gasteiger partial charge on any atom is 0.320 e. The number of hydrogen-bond donors (Lipinski definition) is 3. The van der Waals surface area contributed by atoms with Crippen LogP contribution in [0.3, 0.4) is 0 Å². The van der Waals surface area contributed by atoms with Crippen LogP contribution in [0.2, 0.25) is 0 Å². The van der Waals surface area contributed by atoms with E-state index in [1.807, 2.05) is 0 Å². The van der Waals surface area contributed by atoms with Gasteiger partial charge in [-0.15, -0.1) is 0 Å². The lowest BCUT2D eigenvalue weighted by Gasteiger charge is -2.35. The SMILES string of the molecule is CC(=O)[C@@H](C)NP(=O)(N[C@H](C)C(=O)O)C(C)(C)C. The van der Waals surface area contributed by atoms with Crippen LogP contribution in [0, 0.1) is 0 Å². The van der Waals surface area contributed by atoms with Crippen LogP contribution in [0.5, 0.6) is 0 Å². The van der Waals surface area contributed by atoms with Crippen LogP contribution in [0.4, 0.5) is 0 Å². The number of carbonyl (C=O) groups is 2. The van der Waals surface area contributed by atoms with Crippen molar-refractivity contribution in [3.63, 3.8) is 0 Å². The molecule has 0 saturated carbocycles. The van der Waals surface area contributed by atoms with Crippen LogP contribution < -0.4 is 10.2 Å². The molecule has 1 unspecified atom stereocenters. The summed E-state index contributed by atoms with van der Waals surface area (Å²) in [5.74, 6) is -1.24. The average molecular weight is 278 g/mol. The van der Waals surface area contributed by atoms with E-state index in [2.05, 4.69) is 10.2 Å². The first-order valence-electron chi connectivity index (χ1n) is 5.79. The van der Waals surface area contributed by atoms with Gasteiger partial charge in [-0.25, -0.2) is 10.2 Å². The number of aliphatic carboxylic acids is 1.